The zero-order valence-electron chi connectivity index (χ0n) is 12.9. The average molecular weight is 298 g/mol. The van der Waals surface area contributed by atoms with Gasteiger partial charge < -0.3 is 9.15 Å². The van der Waals surface area contributed by atoms with Crippen LogP contribution in [0.1, 0.15) is 36.5 Å². The number of hydrogen-bond acceptors (Lipinski definition) is 4. The molecule has 0 fully saturated rings. The molecule has 1 aromatic carbocycles. The molecule has 0 spiro atoms. The molecule has 0 unspecified atom stereocenters. The number of carbonyl (C=O) groups excluding carboxylic acids is 1. The summed E-state index contributed by atoms with van der Waals surface area (Å²) >= 11 is 0. The van der Waals surface area contributed by atoms with E-state index in [-0.39, 0.29) is 11.9 Å². The third kappa shape index (κ3) is 2.62. The first kappa shape index (κ1) is 14.4. The van der Waals surface area contributed by atoms with Crippen LogP contribution in [0.2, 0.25) is 0 Å². The van der Waals surface area contributed by atoms with Crippen LogP contribution in [0, 0.1) is 6.92 Å². The number of furan rings is 1. The molecule has 1 amide bonds. The summed E-state index contributed by atoms with van der Waals surface area (Å²) in [4.78, 5) is 11.9. The smallest absolute Gasteiger partial charge is 0.240 e. The highest BCUT2D eigenvalue weighted by Crippen LogP contribution is 2.33. The quantitative estimate of drug-likeness (QED) is 0.873. The van der Waals surface area contributed by atoms with Gasteiger partial charge in [-0.2, -0.15) is 5.10 Å². The van der Waals surface area contributed by atoms with Crippen molar-refractivity contribution in [1.29, 1.82) is 0 Å². The van der Waals surface area contributed by atoms with E-state index >= 15 is 0 Å². The molecule has 0 bridgehead atoms. The summed E-state index contributed by atoms with van der Waals surface area (Å²) in [5, 5.41) is 5.97. The van der Waals surface area contributed by atoms with Gasteiger partial charge in [-0.3, -0.25) is 4.79 Å². The molecule has 2 aromatic rings. The Hall–Kier alpha value is -2.56. The second-order valence-corrected chi connectivity index (χ2v) is 5.31. The number of nitrogens with zero attached hydrogens (tertiary/aromatic N) is 2. The molecular formula is C17H18N2O3. The third-order valence-electron chi connectivity index (χ3n) is 3.76. The lowest BCUT2D eigenvalue weighted by molar-refractivity contribution is -0.130. The fourth-order valence-corrected chi connectivity index (χ4v) is 2.62. The van der Waals surface area contributed by atoms with Gasteiger partial charge in [0, 0.05) is 13.3 Å². The van der Waals surface area contributed by atoms with Crippen LogP contribution in [-0.2, 0) is 4.79 Å². The van der Waals surface area contributed by atoms with E-state index < -0.39 is 0 Å². The summed E-state index contributed by atoms with van der Waals surface area (Å²) in [7, 11) is 1.63. The summed E-state index contributed by atoms with van der Waals surface area (Å²) in [5.41, 5.74) is 1.82. The average Bonchev–Trinajstić information content (AvgIpc) is 3.13. The SMILES string of the molecule is COc1ccc([C@@H]2CC(c3ccc(C)o3)=NN2C(C)=O)cc1. The number of methoxy groups -OCH3 is 1. The van der Waals surface area contributed by atoms with Crippen LogP contribution >= 0.6 is 0 Å². The zero-order chi connectivity index (χ0) is 15.7. The molecule has 22 heavy (non-hydrogen) atoms. The first-order valence-corrected chi connectivity index (χ1v) is 7.16. The van der Waals surface area contributed by atoms with E-state index in [0.29, 0.717) is 6.42 Å². The van der Waals surface area contributed by atoms with Crippen molar-refractivity contribution in [2.24, 2.45) is 5.10 Å². The Kier molecular flexibility index (Phi) is 3.71. The molecule has 1 aromatic heterocycles. The number of aryl methyl sites for hydroxylation is 1. The van der Waals surface area contributed by atoms with Crippen LogP contribution in [0.15, 0.2) is 45.9 Å². The molecule has 1 aliphatic heterocycles. The summed E-state index contributed by atoms with van der Waals surface area (Å²) in [6.45, 7) is 3.42. The molecule has 1 aliphatic rings. The van der Waals surface area contributed by atoms with E-state index in [4.69, 9.17) is 9.15 Å². The van der Waals surface area contributed by atoms with Gasteiger partial charge in [0.15, 0.2) is 0 Å². The van der Waals surface area contributed by atoms with E-state index in [9.17, 15) is 4.79 Å². The zero-order valence-corrected chi connectivity index (χ0v) is 12.9. The van der Waals surface area contributed by atoms with Gasteiger partial charge >= 0.3 is 0 Å². The van der Waals surface area contributed by atoms with E-state index in [1.54, 1.807) is 7.11 Å². The minimum atomic E-state index is -0.108. The van der Waals surface area contributed by atoms with Crippen molar-refractivity contribution in [3.8, 4) is 5.75 Å². The lowest BCUT2D eigenvalue weighted by Crippen LogP contribution is -2.24. The van der Waals surface area contributed by atoms with E-state index in [1.807, 2.05) is 43.3 Å². The summed E-state index contributed by atoms with van der Waals surface area (Å²) in [6.07, 6.45) is 0.638. The predicted octanol–water partition coefficient (Wildman–Crippen LogP) is 3.29. The van der Waals surface area contributed by atoms with Gasteiger partial charge in [-0.25, -0.2) is 5.01 Å². The number of hydrogen-bond donors (Lipinski definition) is 0. The van der Waals surface area contributed by atoms with Gasteiger partial charge in [-0.05, 0) is 36.8 Å². The van der Waals surface area contributed by atoms with Crippen molar-refractivity contribution in [3.05, 3.63) is 53.5 Å². The van der Waals surface area contributed by atoms with Crippen molar-refractivity contribution in [1.82, 2.24) is 5.01 Å². The third-order valence-corrected chi connectivity index (χ3v) is 3.76. The van der Waals surface area contributed by atoms with Crippen LogP contribution in [0.4, 0.5) is 0 Å². The predicted molar refractivity (Wildman–Crippen MR) is 82.9 cm³/mol. The van der Waals surface area contributed by atoms with Gasteiger partial charge in [0.25, 0.3) is 0 Å². The Balaban J connectivity index is 1.90. The Labute approximate surface area is 129 Å². The molecule has 0 saturated carbocycles. The van der Waals surface area contributed by atoms with Gasteiger partial charge in [-0.15, -0.1) is 0 Å². The molecule has 0 saturated heterocycles. The molecule has 114 valence electrons. The van der Waals surface area contributed by atoms with E-state index in [2.05, 4.69) is 5.10 Å². The second-order valence-electron chi connectivity index (χ2n) is 5.31. The van der Waals surface area contributed by atoms with Crippen LogP contribution < -0.4 is 4.74 Å². The van der Waals surface area contributed by atoms with Crippen LogP contribution in [0.25, 0.3) is 0 Å². The summed E-state index contributed by atoms with van der Waals surface area (Å²) in [6, 6.07) is 11.4. The molecular weight excluding hydrogens is 280 g/mol. The highest BCUT2D eigenvalue weighted by Gasteiger charge is 2.32. The van der Waals surface area contributed by atoms with Gasteiger partial charge in [0.1, 0.15) is 23.0 Å². The Morgan fingerprint density at radius 1 is 1.27 bits per heavy atom. The maximum Gasteiger partial charge on any atom is 0.240 e. The molecule has 0 N–H and O–H groups in total. The van der Waals surface area contributed by atoms with Gasteiger partial charge in [0.05, 0.1) is 13.2 Å². The molecule has 0 radical (unpaired) electrons. The Morgan fingerprint density at radius 2 is 2.00 bits per heavy atom. The van der Waals surface area contributed by atoms with E-state index in [0.717, 1.165) is 28.5 Å². The minimum Gasteiger partial charge on any atom is -0.497 e. The summed E-state index contributed by atoms with van der Waals surface area (Å²) < 4.78 is 10.8. The molecule has 3 rings (SSSR count). The molecule has 1 atom stereocenters. The first-order chi connectivity index (χ1) is 10.6. The minimum absolute atomic E-state index is 0.0842. The molecule has 5 heteroatoms. The Morgan fingerprint density at radius 3 is 2.55 bits per heavy atom. The Bertz CT molecular complexity index is 716. The summed E-state index contributed by atoms with van der Waals surface area (Å²) in [5.74, 6) is 2.26. The lowest BCUT2D eigenvalue weighted by Gasteiger charge is -2.20. The molecule has 5 nitrogen and oxygen atoms in total. The van der Waals surface area contributed by atoms with Gasteiger partial charge in [-0.1, -0.05) is 12.1 Å². The lowest BCUT2D eigenvalue weighted by atomic mass is 10.0. The monoisotopic (exact) mass is 298 g/mol. The van der Waals surface area contributed by atoms with E-state index in [1.165, 1.54) is 11.9 Å². The van der Waals surface area contributed by atoms with Crippen molar-refractivity contribution in [3.63, 3.8) is 0 Å². The maximum atomic E-state index is 11.9. The number of benzene rings is 1. The largest absolute Gasteiger partial charge is 0.497 e. The van der Waals surface area contributed by atoms with Crippen LogP contribution in [0.3, 0.4) is 0 Å². The first-order valence-electron chi connectivity index (χ1n) is 7.16. The molecule has 0 aliphatic carbocycles. The normalized spacial score (nSPS) is 17.5. The fourth-order valence-electron chi connectivity index (χ4n) is 2.62. The van der Waals surface area contributed by atoms with Crippen LogP contribution in [-0.4, -0.2) is 23.7 Å². The topological polar surface area (TPSA) is 55.0 Å². The van der Waals surface area contributed by atoms with Crippen LogP contribution in [0.5, 0.6) is 5.75 Å². The van der Waals surface area contributed by atoms with Crippen molar-refractivity contribution < 1.29 is 13.9 Å². The number of hydrazone groups is 1. The second kappa shape index (κ2) is 5.67. The number of carbonyl (C=O) groups is 1. The number of ether oxygens (including phenoxy) is 1. The highest BCUT2D eigenvalue weighted by atomic mass is 16.5. The highest BCUT2D eigenvalue weighted by molar-refractivity contribution is 6.01. The van der Waals surface area contributed by atoms with Gasteiger partial charge in [0.2, 0.25) is 5.91 Å². The number of amides is 1. The van der Waals surface area contributed by atoms with Crippen molar-refractivity contribution in [2.75, 3.05) is 7.11 Å². The van der Waals surface area contributed by atoms with Crippen molar-refractivity contribution in [2.45, 2.75) is 26.3 Å². The standard InChI is InChI=1S/C17H18N2O3/c1-11-4-9-17(22-11)15-10-16(19(18-15)12(2)20)13-5-7-14(21-3)8-6-13/h4-9,16H,10H2,1-3H3/t16-/m0/s1. The molecule has 2 heterocycles. The maximum absolute atomic E-state index is 11.9. The van der Waals surface area contributed by atoms with Crippen molar-refractivity contribution >= 4 is 11.6 Å². The fraction of sp³-hybridized carbons (Fsp3) is 0.294. The number of rotatable bonds is 3.